The van der Waals surface area contributed by atoms with Gasteiger partial charge < -0.3 is 9.80 Å². The second kappa shape index (κ2) is 9.13. The Morgan fingerprint density at radius 2 is 1.76 bits per heavy atom. The number of aromatic nitrogens is 2. The molecule has 0 saturated carbocycles. The number of piperazine rings is 1. The molecule has 2 aromatic carbocycles. The molecule has 0 spiro atoms. The Hall–Kier alpha value is -3.33. The lowest BCUT2D eigenvalue weighted by molar-refractivity contribution is -0.137. The lowest BCUT2D eigenvalue weighted by Crippen LogP contribution is -2.48. The molecule has 9 heteroatoms. The van der Waals surface area contributed by atoms with Gasteiger partial charge in [0.1, 0.15) is 0 Å². The number of fused-ring (bicyclic) bond motifs is 1. The van der Waals surface area contributed by atoms with E-state index in [1.807, 2.05) is 51.2 Å². The minimum atomic E-state index is -4.36. The number of benzene rings is 2. The predicted octanol–water partition coefficient (Wildman–Crippen LogP) is 5.36. The van der Waals surface area contributed by atoms with Gasteiger partial charge in [-0.3, -0.25) is 9.20 Å². The number of hydrogen-bond donors (Lipinski definition) is 0. The van der Waals surface area contributed by atoms with Crippen LogP contribution in [0, 0.1) is 0 Å². The standard InChI is InChI=1S/C25H23F3N4OS/c26-25(27,28)19-7-4-8-20(15-19)30-11-13-31(14-12-30)23(33)10-9-21-17-34-24-29-22(16-32(21)24)18-5-2-1-3-6-18/h1-8,15-17H,9-14H2. The maximum atomic E-state index is 13.0. The Morgan fingerprint density at radius 1 is 1.00 bits per heavy atom. The molecular formula is C25H23F3N4OS. The van der Waals surface area contributed by atoms with Gasteiger partial charge in [0.2, 0.25) is 5.91 Å². The first kappa shape index (κ1) is 22.5. The first-order valence-electron chi connectivity index (χ1n) is 11.1. The van der Waals surface area contributed by atoms with Crippen LogP contribution in [0.1, 0.15) is 17.7 Å². The second-order valence-corrected chi connectivity index (χ2v) is 9.12. The summed E-state index contributed by atoms with van der Waals surface area (Å²) in [6, 6.07) is 15.3. The molecule has 5 nitrogen and oxygen atoms in total. The number of carbonyl (C=O) groups is 1. The highest BCUT2D eigenvalue weighted by Crippen LogP contribution is 2.32. The zero-order valence-corrected chi connectivity index (χ0v) is 19.1. The predicted molar refractivity (Wildman–Crippen MR) is 127 cm³/mol. The third-order valence-electron chi connectivity index (χ3n) is 6.12. The van der Waals surface area contributed by atoms with Crippen LogP contribution in [0.3, 0.4) is 0 Å². The van der Waals surface area contributed by atoms with E-state index in [-0.39, 0.29) is 5.91 Å². The van der Waals surface area contributed by atoms with Crippen molar-refractivity contribution >= 4 is 27.9 Å². The topological polar surface area (TPSA) is 40.9 Å². The van der Waals surface area contributed by atoms with E-state index in [0.29, 0.717) is 44.7 Å². The van der Waals surface area contributed by atoms with E-state index in [2.05, 4.69) is 4.98 Å². The van der Waals surface area contributed by atoms with Crippen molar-refractivity contribution in [3.8, 4) is 11.3 Å². The van der Waals surface area contributed by atoms with Crippen molar-refractivity contribution in [1.82, 2.24) is 14.3 Å². The van der Waals surface area contributed by atoms with Crippen molar-refractivity contribution in [2.75, 3.05) is 31.1 Å². The average Bonchev–Trinajstić information content (AvgIpc) is 3.44. The molecule has 4 aromatic rings. The summed E-state index contributed by atoms with van der Waals surface area (Å²) in [6.45, 7) is 2.02. The summed E-state index contributed by atoms with van der Waals surface area (Å²) >= 11 is 1.56. The highest BCUT2D eigenvalue weighted by atomic mass is 32.1. The van der Waals surface area contributed by atoms with E-state index in [1.54, 1.807) is 22.3 Å². The fraction of sp³-hybridized carbons (Fsp3) is 0.280. The quantitative estimate of drug-likeness (QED) is 0.383. The van der Waals surface area contributed by atoms with E-state index in [1.165, 1.54) is 12.1 Å². The van der Waals surface area contributed by atoms with Crippen LogP contribution in [0.5, 0.6) is 0 Å². The molecule has 1 saturated heterocycles. The van der Waals surface area contributed by atoms with Crippen LogP contribution >= 0.6 is 11.3 Å². The van der Waals surface area contributed by atoms with E-state index in [0.717, 1.165) is 28.0 Å². The number of halogens is 3. The van der Waals surface area contributed by atoms with Gasteiger partial charge in [0, 0.05) is 61.1 Å². The maximum absolute atomic E-state index is 13.0. The van der Waals surface area contributed by atoms with Gasteiger partial charge in [-0.1, -0.05) is 36.4 Å². The maximum Gasteiger partial charge on any atom is 0.416 e. The van der Waals surface area contributed by atoms with E-state index >= 15 is 0 Å². The summed E-state index contributed by atoms with van der Waals surface area (Å²) in [4.78, 5) is 22.1. The molecule has 1 fully saturated rings. The summed E-state index contributed by atoms with van der Waals surface area (Å²) in [5, 5.41) is 2.04. The van der Waals surface area contributed by atoms with Crippen LogP contribution in [0.25, 0.3) is 16.2 Å². The van der Waals surface area contributed by atoms with Crippen LogP contribution in [0.15, 0.2) is 66.2 Å². The highest BCUT2D eigenvalue weighted by Gasteiger charge is 2.31. The number of carbonyl (C=O) groups excluding carboxylic acids is 1. The van der Waals surface area contributed by atoms with Crippen molar-refractivity contribution in [3.05, 3.63) is 77.4 Å². The lowest BCUT2D eigenvalue weighted by atomic mass is 10.1. The number of aryl methyl sites for hydroxylation is 1. The van der Waals surface area contributed by atoms with E-state index in [4.69, 9.17) is 0 Å². The summed E-state index contributed by atoms with van der Waals surface area (Å²) < 4.78 is 41.1. The smallest absolute Gasteiger partial charge is 0.368 e. The molecule has 0 unspecified atom stereocenters. The SMILES string of the molecule is O=C(CCc1csc2nc(-c3ccccc3)cn12)N1CCN(c2cccc(C(F)(F)F)c2)CC1. The first-order valence-corrected chi connectivity index (χ1v) is 12.0. The molecule has 3 heterocycles. The van der Waals surface area contributed by atoms with E-state index < -0.39 is 11.7 Å². The first-order chi connectivity index (χ1) is 16.4. The minimum Gasteiger partial charge on any atom is -0.368 e. The van der Waals surface area contributed by atoms with Crippen LogP contribution < -0.4 is 4.90 Å². The van der Waals surface area contributed by atoms with Gasteiger partial charge >= 0.3 is 6.18 Å². The van der Waals surface area contributed by atoms with Gasteiger partial charge in [-0.05, 0) is 24.6 Å². The van der Waals surface area contributed by atoms with Crippen LogP contribution in [-0.4, -0.2) is 46.4 Å². The van der Waals surface area contributed by atoms with Gasteiger partial charge in [0.15, 0.2) is 4.96 Å². The van der Waals surface area contributed by atoms with Crippen molar-refractivity contribution in [1.29, 1.82) is 0 Å². The summed E-state index contributed by atoms with van der Waals surface area (Å²) in [6.07, 6.45) is -1.36. The Bertz CT molecular complexity index is 1290. The van der Waals surface area contributed by atoms with Gasteiger partial charge in [0.25, 0.3) is 0 Å². The number of nitrogens with zero attached hydrogens (tertiary/aromatic N) is 4. The number of rotatable bonds is 5. The zero-order chi connectivity index (χ0) is 23.7. The number of thiazole rings is 1. The molecule has 1 aliphatic heterocycles. The van der Waals surface area contributed by atoms with Gasteiger partial charge in [-0.2, -0.15) is 13.2 Å². The number of alkyl halides is 3. The molecule has 0 atom stereocenters. The Balaban J connectivity index is 1.18. The number of anilines is 1. The summed E-state index contributed by atoms with van der Waals surface area (Å²) in [7, 11) is 0. The summed E-state index contributed by atoms with van der Waals surface area (Å²) in [5.74, 6) is 0.0615. The highest BCUT2D eigenvalue weighted by molar-refractivity contribution is 7.15. The Morgan fingerprint density at radius 3 is 2.50 bits per heavy atom. The third-order valence-corrected chi connectivity index (χ3v) is 7.01. The van der Waals surface area contributed by atoms with Gasteiger partial charge in [-0.25, -0.2) is 4.98 Å². The van der Waals surface area contributed by atoms with Crippen molar-refractivity contribution < 1.29 is 18.0 Å². The third kappa shape index (κ3) is 4.65. The number of amides is 1. The van der Waals surface area contributed by atoms with Crippen LogP contribution in [0.2, 0.25) is 0 Å². The second-order valence-electron chi connectivity index (χ2n) is 8.29. The monoisotopic (exact) mass is 484 g/mol. The lowest BCUT2D eigenvalue weighted by Gasteiger charge is -2.36. The molecule has 34 heavy (non-hydrogen) atoms. The average molecular weight is 485 g/mol. The molecule has 0 aliphatic carbocycles. The molecular weight excluding hydrogens is 461 g/mol. The molecule has 2 aromatic heterocycles. The van der Waals surface area contributed by atoms with Crippen molar-refractivity contribution in [2.45, 2.75) is 19.0 Å². The van der Waals surface area contributed by atoms with Crippen LogP contribution in [0.4, 0.5) is 18.9 Å². The summed E-state index contributed by atoms with van der Waals surface area (Å²) in [5.41, 5.74) is 2.90. The molecule has 0 N–H and O–H groups in total. The van der Waals surface area contributed by atoms with Gasteiger partial charge in [0.05, 0.1) is 11.3 Å². The molecule has 1 amide bonds. The van der Waals surface area contributed by atoms with Crippen LogP contribution in [-0.2, 0) is 17.4 Å². The zero-order valence-electron chi connectivity index (χ0n) is 18.3. The molecule has 1 aliphatic rings. The molecule has 0 bridgehead atoms. The minimum absolute atomic E-state index is 0.0615. The Kier molecular flexibility index (Phi) is 6.03. The number of hydrogen-bond acceptors (Lipinski definition) is 4. The van der Waals surface area contributed by atoms with Crippen molar-refractivity contribution in [2.24, 2.45) is 0 Å². The number of imidazole rings is 1. The van der Waals surface area contributed by atoms with Crippen molar-refractivity contribution in [3.63, 3.8) is 0 Å². The molecule has 0 radical (unpaired) electrons. The fourth-order valence-electron chi connectivity index (χ4n) is 4.24. The fourth-order valence-corrected chi connectivity index (χ4v) is 5.15. The Labute approximate surface area is 199 Å². The normalized spacial score (nSPS) is 14.7. The van der Waals surface area contributed by atoms with Gasteiger partial charge in [-0.15, -0.1) is 11.3 Å². The van der Waals surface area contributed by atoms with E-state index in [9.17, 15) is 18.0 Å². The molecule has 5 rings (SSSR count). The largest absolute Gasteiger partial charge is 0.416 e. The molecule has 176 valence electrons.